The van der Waals surface area contributed by atoms with E-state index < -0.39 is 5.79 Å². The molecular weight excluding hydrogens is 701 g/mol. The number of benzene rings is 3. The Labute approximate surface area is 337 Å². The Morgan fingerprint density at radius 1 is 0.536 bits per heavy atom. The molecular formula is C49H72O7. The molecule has 0 radical (unpaired) electrons. The van der Waals surface area contributed by atoms with E-state index in [4.69, 9.17) is 28.4 Å². The average Bonchev–Trinajstić information content (AvgIpc) is 3.21. The Morgan fingerprint density at radius 3 is 1.32 bits per heavy atom. The zero-order chi connectivity index (χ0) is 40.0. The molecule has 0 saturated heterocycles. The van der Waals surface area contributed by atoms with Gasteiger partial charge in [-0.1, -0.05) is 111 Å². The predicted octanol–water partition coefficient (Wildman–Crippen LogP) is 11.7. The normalized spacial score (nSPS) is 14.9. The van der Waals surface area contributed by atoms with Crippen molar-refractivity contribution in [2.75, 3.05) is 39.6 Å². The zero-order valence-electron chi connectivity index (χ0n) is 35.6. The van der Waals surface area contributed by atoms with E-state index in [0.29, 0.717) is 58.9 Å². The molecule has 310 valence electrons. The SMILES string of the molecule is C=CC(=O)CCCOC1(OCCCCC)C=c2c(c3cc(OCCCCC)c(OCCCCC)cc3c3cc(OCCCCC)c(OCCCCC)cc23)=CC1. The van der Waals surface area contributed by atoms with Crippen LogP contribution in [0.5, 0.6) is 23.0 Å². The van der Waals surface area contributed by atoms with Gasteiger partial charge in [-0.15, -0.1) is 0 Å². The monoisotopic (exact) mass is 773 g/mol. The second-order valence-electron chi connectivity index (χ2n) is 15.3. The number of carbonyl (C=O) groups is 1. The van der Waals surface area contributed by atoms with Crippen molar-refractivity contribution in [3.05, 3.63) is 47.4 Å². The molecule has 0 spiro atoms. The zero-order valence-corrected chi connectivity index (χ0v) is 35.6. The van der Waals surface area contributed by atoms with Crippen LogP contribution in [0.15, 0.2) is 36.9 Å². The first-order valence-electron chi connectivity index (χ1n) is 22.2. The highest BCUT2D eigenvalue weighted by Gasteiger charge is 2.31. The number of carbonyl (C=O) groups excluding carboxylic acids is 1. The molecule has 0 saturated carbocycles. The topological polar surface area (TPSA) is 72.5 Å². The van der Waals surface area contributed by atoms with Crippen LogP contribution in [0.4, 0.5) is 0 Å². The Balaban J connectivity index is 1.98. The van der Waals surface area contributed by atoms with Crippen LogP contribution in [0.2, 0.25) is 0 Å². The molecule has 0 amide bonds. The van der Waals surface area contributed by atoms with Crippen LogP contribution in [0.3, 0.4) is 0 Å². The largest absolute Gasteiger partial charge is 0.490 e. The van der Waals surface area contributed by atoms with Crippen molar-refractivity contribution in [1.82, 2.24) is 0 Å². The van der Waals surface area contributed by atoms with Crippen LogP contribution in [0.25, 0.3) is 33.7 Å². The van der Waals surface area contributed by atoms with Gasteiger partial charge in [0, 0.05) is 12.8 Å². The van der Waals surface area contributed by atoms with Gasteiger partial charge in [-0.05, 0) is 107 Å². The average molecular weight is 773 g/mol. The van der Waals surface area contributed by atoms with Gasteiger partial charge in [0.05, 0.1) is 39.6 Å². The summed E-state index contributed by atoms with van der Waals surface area (Å²) in [4.78, 5) is 12.1. The second-order valence-corrected chi connectivity index (χ2v) is 15.3. The third-order valence-corrected chi connectivity index (χ3v) is 10.5. The van der Waals surface area contributed by atoms with E-state index in [2.05, 4.69) is 77.6 Å². The molecule has 7 heteroatoms. The van der Waals surface area contributed by atoms with Gasteiger partial charge in [0.2, 0.25) is 0 Å². The Bertz CT molecular complexity index is 1780. The van der Waals surface area contributed by atoms with Crippen molar-refractivity contribution < 1.29 is 33.2 Å². The number of allylic oxidation sites excluding steroid dienone is 1. The van der Waals surface area contributed by atoms with E-state index in [1.54, 1.807) is 0 Å². The van der Waals surface area contributed by atoms with Crippen LogP contribution >= 0.6 is 0 Å². The summed E-state index contributed by atoms with van der Waals surface area (Å²) in [5.74, 6) is 2.13. The highest BCUT2D eigenvalue weighted by atomic mass is 16.7. The fourth-order valence-corrected chi connectivity index (χ4v) is 7.22. The summed E-state index contributed by atoms with van der Waals surface area (Å²) >= 11 is 0. The van der Waals surface area contributed by atoms with Gasteiger partial charge >= 0.3 is 0 Å². The lowest BCUT2D eigenvalue weighted by atomic mass is 9.91. The molecule has 0 N–H and O–H groups in total. The van der Waals surface area contributed by atoms with Gasteiger partial charge in [-0.3, -0.25) is 4.79 Å². The van der Waals surface area contributed by atoms with Crippen molar-refractivity contribution in [2.24, 2.45) is 0 Å². The highest BCUT2D eigenvalue weighted by Crippen LogP contribution is 2.39. The minimum Gasteiger partial charge on any atom is -0.490 e. The molecule has 0 heterocycles. The van der Waals surface area contributed by atoms with E-state index >= 15 is 0 Å². The lowest BCUT2D eigenvalue weighted by molar-refractivity contribution is -0.190. The van der Waals surface area contributed by atoms with Crippen LogP contribution in [0, 0.1) is 0 Å². The first kappa shape index (κ1) is 45.2. The van der Waals surface area contributed by atoms with Crippen molar-refractivity contribution in [1.29, 1.82) is 0 Å². The summed E-state index contributed by atoms with van der Waals surface area (Å²) in [5, 5.41) is 6.46. The van der Waals surface area contributed by atoms with E-state index in [1.807, 2.05) is 0 Å². The second kappa shape index (κ2) is 24.9. The molecule has 56 heavy (non-hydrogen) atoms. The third-order valence-electron chi connectivity index (χ3n) is 10.5. The smallest absolute Gasteiger partial charge is 0.192 e. The number of unbranched alkanes of at least 4 members (excludes halogenated alkanes) is 10. The van der Waals surface area contributed by atoms with Crippen LogP contribution in [0.1, 0.15) is 150 Å². The van der Waals surface area contributed by atoms with Crippen molar-refractivity contribution in [2.45, 2.75) is 156 Å². The highest BCUT2D eigenvalue weighted by molar-refractivity contribution is 6.10. The molecule has 3 aromatic rings. The number of fused-ring (bicyclic) bond motifs is 6. The summed E-state index contributed by atoms with van der Waals surface area (Å²) in [5.41, 5.74) is 0. The molecule has 1 atom stereocenters. The van der Waals surface area contributed by atoms with Crippen molar-refractivity contribution in [3.8, 4) is 23.0 Å². The standard InChI is InChI=1S/C49H72O7/c1-7-13-18-27-51-45-33-40-39-25-26-49(55-31-22-17-11-5,56-32-23-24-38(50)12-6)37-44(39)43-36-48(54-30-21-16-10-4)47(53-29-20-15-9-3)35-42(43)41(40)34-46(45)52-28-19-14-8-2/h12,25,33-37H,6-11,13-24,26-32H2,1-5H3. The van der Waals surface area contributed by atoms with Crippen molar-refractivity contribution >= 4 is 39.5 Å². The predicted molar refractivity (Wildman–Crippen MR) is 233 cm³/mol. The summed E-state index contributed by atoms with van der Waals surface area (Å²) in [6, 6.07) is 8.72. The van der Waals surface area contributed by atoms with E-state index in [1.165, 1.54) is 6.08 Å². The molecule has 0 aromatic heterocycles. The van der Waals surface area contributed by atoms with Crippen LogP contribution in [-0.2, 0) is 14.3 Å². The summed E-state index contributed by atoms with van der Waals surface area (Å²) in [7, 11) is 0. The van der Waals surface area contributed by atoms with Crippen LogP contribution < -0.4 is 29.4 Å². The quantitative estimate of drug-likeness (QED) is 0.0279. The van der Waals surface area contributed by atoms with Gasteiger partial charge in [-0.25, -0.2) is 0 Å². The fraction of sp³-hybridized carbons (Fsp3) is 0.612. The number of hydrogen-bond acceptors (Lipinski definition) is 7. The minimum atomic E-state index is -0.974. The molecule has 7 nitrogen and oxygen atoms in total. The first-order valence-corrected chi connectivity index (χ1v) is 22.2. The molecule has 0 fully saturated rings. The van der Waals surface area contributed by atoms with Gasteiger partial charge in [-0.2, -0.15) is 0 Å². The number of hydrogen-bond donors (Lipinski definition) is 0. The van der Waals surface area contributed by atoms with Crippen LogP contribution in [-0.4, -0.2) is 51.2 Å². The van der Waals surface area contributed by atoms with Gasteiger partial charge in [0.25, 0.3) is 0 Å². The maximum atomic E-state index is 12.1. The molecule has 1 unspecified atom stereocenters. The molecule has 1 aliphatic rings. The Hall–Kier alpha value is -3.55. The third kappa shape index (κ3) is 13.3. The van der Waals surface area contributed by atoms with E-state index in [9.17, 15) is 4.79 Å². The van der Waals surface area contributed by atoms with Gasteiger partial charge < -0.3 is 28.4 Å². The number of rotatable bonds is 31. The maximum Gasteiger partial charge on any atom is 0.192 e. The van der Waals surface area contributed by atoms with E-state index in [0.717, 1.165) is 151 Å². The molecule has 4 rings (SSSR count). The summed E-state index contributed by atoms with van der Waals surface area (Å²) in [6.45, 7) is 18.2. The minimum absolute atomic E-state index is 0.0223. The lowest BCUT2D eigenvalue weighted by Crippen LogP contribution is -2.43. The molecule has 0 aliphatic heterocycles. The van der Waals surface area contributed by atoms with Gasteiger partial charge in [0.1, 0.15) is 0 Å². The summed E-state index contributed by atoms with van der Waals surface area (Å²) in [6.07, 6.45) is 23.5. The lowest BCUT2D eigenvalue weighted by Gasteiger charge is -2.32. The number of ether oxygens (including phenoxy) is 6. The fourth-order valence-electron chi connectivity index (χ4n) is 7.22. The molecule has 3 aromatic carbocycles. The molecule has 0 bridgehead atoms. The number of ketones is 1. The van der Waals surface area contributed by atoms with Gasteiger partial charge in [0.15, 0.2) is 34.6 Å². The van der Waals surface area contributed by atoms with E-state index in [-0.39, 0.29) is 5.78 Å². The summed E-state index contributed by atoms with van der Waals surface area (Å²) < 4.78 is 39.5. The Morgan fingerprint density at radius 2 is 0.911 bits per heavy atom. The van der Waals surface area contributed by atoms with Crippen molar-refractivity contribution in [3.63, 3.8) is 0 Å². The first-order chi connectivity index (χ1) is 27.4. The molecule has 1 aliphatic carbocycles. The Kier molecular flexibility index (Phi) is 20.1. The maximum absolute atomic E-state index is 12.1.